The zero-order valence-electron chi connectivity index (χ0n) is 6.26. The largest absolute Gasteiger partial charge is 0.460 e. The van der Waals surface area contributed by atoms with Crippen molar-refractivity contribution in [3.05, 3.63) is 7.11 Å². The van der Waals surface area contributed by atoms with Crippen LogP contribution < -0.4 is 5.32 Å². The molecule has 2 radical (unpaired) electrons. The van der Waals surface area contributed by atoms with Gasteiger partial charge in [-0.15, -0.1) is 0 Å². The van der Waals surface area contributed by atoms with E-state index in [1.54, 1.807) is 0 Å². The lowest BCUT2D eigenvalue weighted by Gasteiger charge is -2.26. The molecule has 0 saturated carbocycles. The summed E-state index contributed by atoms with van der Waals surface area (Å²) >= 11 is 0. The van der Waals surface area contributed by atoms with E-state index in [0.29, 0.717) is 25.9 Å². The Morgan fingerprint density at radius 2 is 2.00 bits per heavy atom. The monoisotopic (exact) mass is 157 g/mol. The highest BCUT2D eigenvalue weighted by molar-refractivity contribution is 5.79. The van der Waals surface area contributed by atoms with Crippen LogP contribution in [0.5, 0.6) is 0 Å². The number of hydrogen-bond acceptors (Lipinski definition) is 3. The van der Waals surface area contributed by atoms with Gasteiger partial charge in [0.1, 0.15) is 7.11 Å². The molecule has 0 unspecified atom stereocenters. The van der Waals surface area contributed by atoms with Crippen LogP contribution in [-0.2, 0) is 14.6 Å². The van der Waals surface area contributed by atoms with Crippen molar-refractivity contribution in [3.8, 4) is 0 Å². The smallest absolute Gasteiger partial charge is 0.342 e. The van der Waals surface area contributed by atoms with Crippen LogP contribution in [0.1, 0.15) is 12.8 Å². The van der Waals surface area contributed by atoms with Crippen molar-refractivity contribution in [2.45, 2.75) is 18.4 Å². The number of ether oxygens (including phenoxy) is 1. The van der Waals surface area contributed by atoms with Crippen molar-refractivity contribution in [1.82, 2.24) is 5.32 Å². The molecule has 1 rings (SSSR count). The van der Waals surface area contributed by atoms with Gasteiger partial charge in [-0.2, -0.15) is 0 Å². The number of hydrogen-bond donors (Lipinski definition) is 1. The van der Waals surface area contributed by atoms with E-state index < -0.39 is 11.6 Å². The van der Waals surface area contributed by atoms with Crippen molar-refractivity contribution >= 4 is 5.97 Å². The molecule has 0 spiro atoms. The molecule has 1 aliphatic heterocycles. The van der Waals surface area contributed by atoms with Crippen molar-refractivity contribution in [2.24, 2.45) is 0 Å². The summed E-state index contributed by atoms with van der Waals surface area (Å²) in [4.78, 5) is 10.9. The molecular formula is C7H11NO3. The van der Waals surface area contributed by atoms with E-state index in [1.165, 1.54) is 0 Å². The highest BCUT2D eigenvalue weighted by Gasteiger charge is 2.40. The van der Waals surface area contributed by atoms with E-state index in [0.717, 1.165) is 0 Å². The molecule has 0 aromatic carbocycles. The van der Waals surface area contributed by atoms with E-state index in [4.69, 9.17) is 0 Å². The number of nitrogens with one attached hydrogen (secondary N) is 1. The van der Waals surface area contributed by atoms with Crippen molar-refractivity contribution in [2.75, 3.05) is 13.1 Å². The fourth-order valence-electron chi connectivity index (χ4n) is 1.17. The Morgan fingerprint density at radius 1 is 1.45 bits per heavy atom. The third-order valence-electron chi connectivity index (χ3n) is 1.91. The SMILES string of the molecule is [CH2]OC(=O)C1([O])CCNCC1. The van der Waals surface area contributed by atoms with E-state index in [-0.39, 0.29) is 0 Å². The summed E-state index contributed by atoms with van der Waals surface area (Å²) in [7, 11) is 2.94. The number of piperidine rings is 1. The maximum atomic E-state index is 11.5. The van der Waals surface area contributed by atoms with E-state index in [9.17, 15) is 9.90 Å². The summed E-state index contributed by atoms with van der Waals surface area (Å²) in [6.45, 7) is 1.16. The number of esters is 1. The molecule has 0 aromatic heterocycles. The van der Waals surface area contributed by atoms with Crippen LogP contribution in [0, 0.1) is 7.11 Å². The normalized spacial score (nSPS) is 22.7. The van der Waals surface area contributed by atoms with Gasteiger partial charge < -0.3 is 10.1 Å². The van der Waals surface area contributed by atoms with E-state index in [1.807, 2.05) is 0 Å². The topological polar surface area (TPSA) is 58.2 Å². The van der Waals surface area contributed by atoms with Gasteiger partial charge in [-0.05, 0) is 13.1 Å². The molecule has 1 saturated heterocycles. The van der Waals surface area contributed by atoms with Gasteiger partial charge >= 0.3 is 5.97 Å². The lowest BCUT2D eigenvalue weighted by Crippen LogP contribution is -2.47. The second-order valence-corrected chi connectivity index (χ2v) is 2.68. The molecule has 0 bridgehead atoms. The first-order valence-electron chi connectivity index (χ1n) is 3.57. The van der Waals surface area contributed by atoms with E-state index in [2.05, 4.69) is 17.2 Å². The zero-order valence-corrected chi connectivity index (χ0v) is 6.26. The molecule has 62 valence electrons. The average Bonchev–Trinajstić information content (AvgIpc) is 2.04. The maximum Gasteiger partial charge on any atom is 0.342 e. The number of carbonyl (C=O) groups excluding carboxylic acids is 1. The van der Waals surface area contributed by atoms with Crippen molar-refractivity contribution < 1.29 is 14.6 Å². The summed E-state index contributed by atoms with van der Waals surface area (Å²) in [5, 5.41) is 14.5. The summed E-state index contributed by atoms with van der Waals surface area (Å²) in [6, 6.07) is 0. The third kappa shape index (κ3) is 1.70. The zero-order chi connectivity index (χ0) is 8.32. The lowest BCUT2D eigenvalue weighted by molar-refractivity contribution is -0.171. The summed E-state index contributed by atoms with van der Waals surface area (Å²) < 4.78 is 4.16. The molecule has 11 heavy (non-hydrogen) atoms. The van der Waals surface area contributed by atoms with Gasteiger partial charge in [0.05, 0.1) is 0 Å². The predicted molar refractivity (Wildman–Crippen MR) is 37.0 cm³/mol. The fraction of sp³-hybridized carbons (Fsp3) is 0.714. The second-order valence-electron chi connectivity index (χ2n) is 2.68. The minimum absolute atomic E-state index is 0.293. The van der Waals surface area contributed by atoms with Gasteiger partial charge in [0.2, 0.25) is 5.60 Å². The Hall–Kier alpha value is -0.610. The van der Waals surface area contributed by atoms with Gasteiger partial charge in [-0.25, -0.2) is 9.90 Å². The van der Waals surface area contributed by atoms with Crippen LogP contribution in [-0.4, -0.2) is 24.7 Å². The first-order chi connectivity index (χ1) is 5.19. The van der Waals surface area contributed by atoms with Crippen LogP contribution in [0.25, 0.3) is 0 Å². The third-order valence-corrected chi connectivity index (χ3v) is 1.91. The summed E-state index contributed by atoms with van der Waals surface area (Å²) in [5.74, 6) is -0.737. The molecular weight excluding hydrogens is 146 g/mol. The molecule has 4 heteroatoms. The van der Waals surface area contributed by atoms with Crippen LogP contribution in [0.3, 0.4) is 0 Å². The first-order valence-corrected chi connectivity index (χ1v) is 3.57. The maximum absolute atomic E-state index is 11.5. The number of rotatable bonds is 1. The quantitative estimate of drug-likeness (QED) is 0.539. The van der Waals surface area contributed by atoms with E-state index >= 15 is 0 Å². The molecule has 0 aromatic rings. The van der Waals surface area contributed by atoms with Crippen molar-refractivity contribution in [3.63, 3.8) is 0 Å². The second kappa shape index (κ2) is 3.19. The van der Waals surface area contributed by atoms with Gasteiger partial charge in [-0.3, -0.25) is 0 Å². The van der Waals surface area contributed by atoms with Crippen LogP contribution in [0.4, 0.5) is 0 Å². The number of carbonyl (C=O) groups is 1. The van der Waals surface area contributed by atoms with Gasteiger partial charge in [-0.1, -0.05) is 0 Å². The Kier molecular flexibility index (Phi) is 2.46. The molecule has 1 aliphatic rings. The Balaban J connectivity index is 2.56. The van der Waals surface area contributed by atoms with Gasteiger partial charge in [0.15, 0.2) is 0 Å². The lowest BCUT2D eigenvalue weighted by atomic mass is 9.93. The molecule has 0 amide bonds. The van der Waals surface area contributed by atoms with Gasteiger partial charge in [0, 0.05) is 12.8 Å². The summed E-state index contributed by atoms with van der Waals surface area (Å²) in [6.07, 6.45) is 0.586. The standard InChI is InChI=1S/C7H11NO3/c1-11-6(9)7(10)2-4-8-5-3-7/h8H,1-5H2. The minimum Gasteiger partial charge on any atom is -0.460 e. The molecule has 0 aliphatic carbocycles. The predicted octanol–water partition coefficient (Wildman–Crippen LogP) is -0.126. The highest BCUT2D eigenvalue weighted by Crippen LogP contribution is 2.20. The Morgan fingerprint density at radius 3 is 2.45 bits per heavy atom. The molecule has 4 nitrogen and oxygen atoms in total. The van der Waals surface area contributed by atoms with Crippen LogP contribution >= 0.6 is 0 Å². The van der Waals surface area contributed by atoms with Gasteiger partial charge in [0.25, 0.3) is 0 Å². The molecule has 1 fully saturated rings. The van der Waals surface area contributed by atoms with Crippen LogP contribution in [0.2, 0.25) is 0 Å². The first kappa shape index (κ1) is 8.49. The average molecular weight is 157 g/mol. The summed E-state index contributed by atoms with van der Waals surface area (Å²) in [5.41, 5.74) is -1.55. The molecule has 0 atom stereocenters. The highest BCUT2D eigenvalue weighted by atomic mass is 16.5. The van der Waals surface area contributed by atoms with Crippen molar-refractivity contribution in [1.29, 1.82) is 0 Å². The van der Waals surface area contributed by atoms with Crippen LogP contribution in [0.15, 0.2) is 0 Å². The Bertz CT molecular complexity index is 152. The Labute approximate surface area is 65.5 Å². The molecule has 1 N–H and O–H groups in total. The minimum atomic E-state index is -1.55. The fourth-order valence-corrected chi connectivity index (χ4v) is 1.17. The molecule has 1 heterocycles.